The Morgan fingerprint density at radius 3 is 2.50 bits per heavy atom. The van der Waals surface area contributed by atoms with E-state index in [-0.39, 0.29) is 12.1 Å². The van der Waals surface area contributed by atoms with Crippen molar-refractivity contribution in [2.24, 2.45) is 0 Å². The van der Waals surface area contributed by atoms with Gasteiger partial charge in [0.2, 0.25) is 0 Å². The Morgan fingerprint density at radius 2 is 1.77 bits per heavy atom. The van der Waals surface area contributed by atoms with Gasteiger partial charge in [-0.2, -0.15) is 5.10 Å². The topological polar surface area (TPSA) is 50.2 Å². The van der Waals surface area contributed by atoms with E-state index in [9.17, 15) is 4.79 Å². The molecule has 5 nitrogen and oxygen atoms in total. The minimum Gasteiger partial charge on any atom is -0.350 e. The predicted molar refractivity (Wildman–Crippen MR) is 103 cm³/mol. The quantitative estimate of drug-likeness (QED) is 0.745. The molecule has 1 N–H and O–H groups in total. The summed E-state index contributed by atoms with van der Waals surface area (Å²) in [5, 5.41) is 8.49. The molecule has 2 aromatic carbocycles. The average molecular weight is 367 g/mol. The van der Waals surface area contributed by atoms with Gasteiger partial charge in [0.15, 0.2) is 0 Å². The van der Waals surface area contributed by atoms with Gasteiger partial charge in [0.05, 0.1) is 22.6 Å². The molecular formula is C20H19ClN4O. The number of rotatable bonds is 2. The van der Waals surface area contributed by atoms with Crippen molar-refractivity contribution in [1.29, 1.82) is 0 Å². The van der Waals surface area contributed by atoms with E-state index in [1.54, 1.807) is 0 Å². The summed E-state index contributed by atoms with van der Waals surface area (Å²) in [5.74, 6) is -0.0678. The number of nitrogens with zero attached hydrogens (tertiary/aromatic N) is 3. The van der Waals surface area contributed by atoms with E-state index < -0.39 is 0 Å². The number of carbonyl (C=O) groups is 1. The second kappa shape index (κ2) is 6.18. The average Bonchev–Trinajstić information content (AvgIpc) is 2.93. The van der Waals surface area contributed by atoms with Crippen LogP contribution >= 0.6 is 11.6 Å². The number of carbonyl (C=O) groups excluding carboxylic acids is 1. The Hall–Kier alpha value is -2.79. The first-order valence-electron chi connectivity index (χ1n) is 8.42. The van der Waals surface area contributed by atoms with Crippen LogP contribution < -0.4 is 10.2 Å². The van der Waals surface area contributed by atoms with Crippen LogP contribution in [-0.4, -0.2) is 22.7 Å². The van der Waals surface area contributed by atoms with E-state index in [0.717, 1.165) is 28.3 Å². The normalized spacial score (nSPS) is 16.4. The van der Waals surface area contributed by atoms with Crippen LogP contribution in [0.3, 0.4) is 0 Å². The maximum absolute atomic E-state index is 12.6. The first-order chi connectivity index (χ1) is 12.5. The second-order valence-electron chi connectivity index (χ2n) is 6.48. The molecule has 1 aliphatic heterocycles. The highest BCUT2D eigenvalue weighted by Gasteiger charge is 2.32. The van der Waals surface area contributed by atoms with Gasteiger partial charge in [-0.05, 0) is 50.2 Å². The lowest BCUT2D eigenvalue weighted by atomic mass is 10.0. The van der Waals surface area contributed by atoms with Crippen molar-refractivity contribution in [1.82, 2.24) is 15.1 Å². The molecule has 0 spiro atoms. The Kier molecular flexibility index (Phi) is 3.96. The molecule has 0 fully saturated rings. The van der Waals surface area contributed by atoms with Gasteiger partial charge in [-0.15, -0.1) is 0 Å². The van der Waals surface area contributed by atoms with Crippen molar-refractivity contribution in [2.75, 3.05) is 11.9 Å². The summed E-state index contributed by atoms with van der Waals surface area (Å²) in [6, 6.07) is 15.2. The van der Waals surface area contributed by atoms with Crippen LogP contribution in [0.5, 0.6) is 0 Å². The number of halogens is 1. The van der Waals surface area contributed by atoms with Crippen LogP contribution in [0.2, 0.25) is 5.02 Å². The van der Waals surface area contributed by atoms with Gasteiger partial charge in [0.1, 0.15) is 6.17 Å². The highest BCUT2D eigenvalue weighted by Crippen LogP contribution is 2.34. The van der Waals surface area contributed by atoms with Gasteiger partial charge in [0.25, 0.3) is 5.91 Å². The molecule has 0 radical (unpaired) electrons. The summed E-state index contributed by atoms with van der Waals surface area (Å²) in [7, 11) is 1.99. The standard InChI is InChI=1S/C20H19ClN4O/c1-12-18(13(2)25(23-12)15-10-8-14(21)9-11-15)19-22-20(26)16-6-4-5-7-17(16)24(19)3/h4-11,19H,1-3H3,(H,22,26). The summed E-state index contributed by atoms with van der Waals surface area (Å²) >= 11 is 6.00. The number of anilines is 1. The lowest BCUT2D eigenvalue weighted by Gasteiger charge is -2.36. The molecule has 1 aromatic heterocycles. The highest BCUT2D eigenvalue weighted by atomic mass is 35.5. The van der Waals surface area contributed by atoms with Crippen LogP contribution in [0.15, 0.2) is 48.5 Å². The molecule has 4 rings (SSSR count). The molecule has 0 saturated heterocycles. The van der Waals surface area contributed by atoms with E-state index in [4.69, 9.17) is 16.7 Å². The smallest absolute Gasteiger partial charge is 0.255 e. The molecule has 26 heavy (non-hydrogen) atoms. The molecule has 0 saturated carbocycles. The summed E-state index contributed by atoms with van der Waals surface area (Å²) in [5.41, 5.74) is 5.41. The van der Waals surface area contributed by atoms with Gasteiger partial charge in [-0.1, -0.05) is 23.7 Å². The van der Waals surface area contributed by atoms with Crippen LogP contribution in [0.25, 0.3) is 5.69 Å². The number of fused-ring (bicyclic) bond motifs is 1. The molecule has 6 heteroatoms. The molecule has 0 aliphatic carbocycles. The van der Waals surface area contributed by atoms with Gasteiger partial charge >= 0.3 is 0 Å². The van der Waals surface area contributed by atoms with Crippen molar-refractivity contribution < 1.29 is 4.79 Å². The number of amides is 1. The molecule has 1 atom stereocenters. The molecule has 2 heterocycles. The second-order valence-corrected chi connectivity index (χ2v) is 6.91. The van der Waals surface area contributed by atoms with E-state index in [0.29, 0.717) is 10.6 Å². The van der Waals surface area contributed by atoms with Gasteiger partial charge < -0.3 is 10.2 Å². The molecule has 3 aromatic rings. The Morgan fingerprint density at radius 1 is 1.08 bits per heavy atom. The number of aryl methyl sites for hydroxylation is 1. The monoisotopic (exact) mass is 366 g/mol. The fraction of sp³-hybridized carbons (Fsp3) is 0.200. The number of hydrogen-bond donors (Lipinski definition) is 1. The van der Waals surface area contributed by atoms with Gasteiger partial charge in [0, 0.05) is 23.3 Å². The summed E-state index contributed by atoms with van der Waals surface area (Å²) in [4.78, 5) is 14.7. The lowest BCUT2D eigenvalue weighted by Crippen LogP contribution is -2.45. The first-order valence-corrected chi connectivity index (χ1v) is 8.80. The third-order valence-corrected chi connectivity index (χ3v) is 5.13. The summed E-state index contributed by atoms with van der Waals surface area (Å²) in [6.07, 6.45) is -0.265. The van der Waals surface area contributed by atoms with E-state index in [2.05, 4.69) is 10.2 Å². The fourth-order valence-corrected chi connectivity index (χ4v) is 3.69. The van der Waals surface area contributed by atoms with Gasteiger partial charge in [-0.25, -0.2) is 4.68 Å². The maximum atomic E-state index is 12.6. The first kappa shape index (κ1) is 16.7. The van der Waals surface area contributed by atoms with E-state index in [1.807, 2.05) is 74.1 Å². The zero-order valence-electron chi connectivity index (χ0n) is 14.8. The number of nitrogens with one attached hydrogen (secondary N) is 1. The molecular weight excluding hydrogens is 348 g/mol. The largest absolute Gasteiger partial charge is 0.350 e. The molecule has 1 amide bonds. The minimum atomic E-state index is -0.265. The Labute approximate surface area is 157 Å². The highest BCUT2D eigenvalue weighted by molar-refractivity contribution is 6.30. The van der Waals surface area contributed by atoms with Crippen LogP contribution in [0, 0.1) is 13.8 Å². The van der Waals surface area contributed by atoms with Crippen molar-refractivity contribution in [2.45, 2.75) is 20.0 Å². The third-order valence-electron chi connectivity index (χ3n) is 4.88. The van der Waals surface area contributed by atoms with Crippen molar-refractivity contribution in [3.05, 3.63) is 76.1 Å². The SMILES string of the molecule is Cc1nn(-c2ccc(Cl)cc2)c(C)c1C1NC(=O)c2ccccc2N1C. The van der Waals surface area contributed by atoms with Crippen molar-refractivity contribution in [3.8, 4) is 5.69 Å². The number of para-hydroxylation sites is 1. The van der Waals surface area contributed by atoms with Crippen LogP contribution in [-0.2, 0) is 0 Å². The molecule has 1 unspecified atom stereocenters. The number of benzene rings is 2. The van der Waals surface area contributed by atoms with Crippen LogP contribution in [0.4, 0.5) is 5.69 Å². The Bertz CT molecular complexity index is 994. The summed E-state index contributed by atoms with van der Waals surface area (Å²) < 4.78 is 1.89. The number of hydrogen-bond acceptors (Lipinski definition) is 3. The third kappa shape index (κ3) is 2.56. The molecule has 132 valence electrons. The van der Waals surface area contributed by atoms with Gasteiger partial charge in [-0.3, -0.25) is 4.79 Å². The lowest BCUT2D eigenvalue weighted by molar-refractivity contribution is 0.0928. The fourth-order valence-electron chi connectivity index (χ4n) is 3.56. The Balaban J connectivity index is 1.80. The maximum Gasteiger partial charge on any atom is 0.255 e. The zero-order valence-corrected chi connectivity index (χ0v) is 15.6. The summed E-state index contributed by atoms with van der Waals surface area (Å²) in [6.45, 7) is 3.99. The van der Waals surface area contributed by atoms with Crippen molar-refractivity contribution >= 4 is 23.2 Å². The zero-order chi connectivity index (χ0) is 18.4. The predicted octanol–water partition coefficient (Wildman–Crippen LogP) is 4.02. The van der Waals surface area contributed by atoms with Crippen molar-refractivity contribution in [3.63, 3.8) is 0 Å². The van der Waals surface area contributed by atoms with E-state index >= 15 is 0 Å². The number of aromatic nitrogens is 2. The molecule has 1 aliphatic rings. The van der Waals surface area contributed by atoms with Crippen LogP contribution in [0.1, 0.15) is 33.5 Å². The minimum absolute atomic E-state index is 0.0678. The molecule has 0 bridgehead atoms. The van der Waals surface area contributed by atoms with E-state index in [1.165, 1.54) is 0 Å².